The summed E-state index contributed by atoms with van der Waals surface area (Å²) in [6.07, 6.45) is 0.976. The van der Waals surface area contributed by atoms with Gasteiger partial charge in [0, 0.05) is 4.88 Å². The fourth-order valence-corrected chi connectivity index (χ4v) is 3.19. The fraction of sp³-hybridized carbons (Fsp3) is 0.200. The number of carboxylic acid groups (broad SMARTS) is 1. The van der Waals surface area contributed by atoms with Gasteiger partial charge in [-0.15, -0.1) is 11.3 Å². The number of thiophene rings is 1. The molecule has 0 fully saturated rings. The Balaban J connectivity index is 2.20. The number of aliphatic carboxylic acids is 1. The van der Waals surface area contributed by atoms with E-state index in [0.29, 0.717) is 0 Å². The van der Waals surface area contributed by atoms with Crippen LogP contribution in [0.4, 0.5) is 0 Å². The Morgan fingerprint density at radius 1 is 1.30 bits per heavy atom. The third-order valence-corrected chi connectivity index (χ3v) is 4.40. The molecule has 0 atom stereocenters. The van der Waals surface area contributed by atoms with Gasteiger partial charge in [-0.1, -0.05) is 19.1 Å². The van der Waals surface area contributed by atoms with Crippen molar-refractivity contribution in [3.63, 3.8) is 0 Å². The average molecular weight is 286 g/mol. The minimum absolute atomic E-state index is 0.0742. The second-order valence-electron chi connectivity index (χ2n) is 4.52. The van der Waals surface area contributed by atoms with Crippen LogP contribution in [-0.4, -0.2) is 20.6 Å². The van der Waals surface area contributed by atoms with Gasteiger partial charge < -0.3 is 9.67 Å². The Morgan fingerprint density at radius 3 is 2.80 bits per heavy atom. The SMILES string of the molecule is CCc1ccc(-c2nc3ccccc3n2CC(=O)O)s1. The molecule has 1 N–H and O–H groups in total. The van der Waals surface area contributed by atoms with Crippen molar-refractivity contribution in [3.05, 3.63) is 41.3 Å². The largest absolute Gasteiger partial charge is 0.480 e. The molecule has 0 amide bonds. The number of hydrogen-bond acceptors (Lipinski definition) is 3. The summed E-state index contributed by atoms with van der Waals surface area (Å²) in [6, 6.07) is 11.7. The lowest BCUT2D eigenvalue weighted by molar-refractivity contribution is -0.137. The molecular weight excluding hydrogens is 272 g/mol. The van der Waals surface area contributed by atoms with Gasteiger partial charge in [0.15, 0.2) is 5.82 Å². The van der Waals surface area contributed by atoms with Crippen molar-refractivity contribution < 1.29 is 9.90 Å². The first kappa shape index (κ1) is 12.9. The van der Waals surface area contributed by atoms with Crippen molar-refractivity contribution in [1.29, 1.82) is 0 Å². The summed E-state index contributed by atoms with van der Waals surface area (Å²) < 4.78 is 1.77. The maximum atomic E-state index is 11.1. The molecule has 3 aromatic rings. The Labute approximate surface area is 120 Å². The Bertz CT molecular complexity index is 773. The molecule has 2 heterocycles. The lowest BCUT2D eigenvalue weighted by Gasteiger charge is -2.04. The normalized spacial score (nSPS) is 11.1. The summed E-state index contributed by atoms with van der Waals surface area (Å²) in [7, 11) is 0. The molecule has 0 unspecified atom stereocenters. The molecule has 3 rings (SSSR count). The number of para-hydroxylation sites is 2. The molecule has 0 aliphatic rings. The summed E-state index contributed by atoms with van der Waals surface area (Å²) in [5, 5.41) is 9.12. The molecule has 0 bridgehead atoms. The zero-order chi connectivity index (χ0) is 14.1. The molecule has 20 heavy (non-hydrogen) atoms. The predicted octanol–water partition coefficient (Wildman–Crippen LogP) is 3.41. The fourth-order valence-electron chi connectivity index (χ4n) is 2.25. The Kier molecular flexibility index (Phi) is 3.28. The van der Waals surface area contributed by atoms with Gasteiger partial charge in [0.05, 0.1) is 15.9 Å². The second kappa shape index (κ2) is 5.09. The van der Waals surface area contributed by atoms with Gasteiger partial charge in [-0.25, -0.2) is 4.98 Å². The molecule has 0 spiro atoms. The molecule has 0 radical (unpaired) electrons. The van der Waals surface area contributed by atoms with E-state index in [1.807, 2.05) is 30.3 Å². The van der Waals surface area contributed by atoms with Crippen LogP contribution in [0.2, 0.25) is 0 Å². The van der Waals surface area contributed by atoms with Gasteiger partial charge in [-0.3, -0.25) is 4.79 Å². The van der Waals surface area contributed by atoms with Crippen LogP contribution in [-0.2, 0) is 17.8 Å². The number of hydrogen-bond donors (Lipinski definition) is 1. The smallest absolute Gasteiger partial charge is 0.323 e. The first-order chi connectivity index (χ1) is 9.69. The number of rotatable bonds is 4. The van der Waals surface area contributed by atoms with E-state index in [9.17, 15) is 4.79 Å². The van der Waals surface area contributed by atoms with Crippen LogP contribution in [0.3, 0.4) is 0 Å². The van der Waals surface area contributed by atoms with E-state index in [0.717, 1.165) is 28.2 Å². The van der Waals surface area contributed by atoms with Gasteiger partial charge >= 0.3 is 5.97 Å². The van der Waals surface area contributed by atoms with Crippen LogP contribution in [0.5, 0.6) is 0 Å². The highest BCUT2D eigenvalue weighted by Crippen LogP contribution is 2.30. The second-order valence-corrected chi connectivity index (χ2v) is 5.69. The van der Waals surface area contributed by atoms with Gasteiger partial charge in [0.1, 0.15) is 6.54 Å². The highest BCUT2D eigenvalue weighted by atomic mass is 32.1. The summed E-state index contributed by atoms with van der Waals surface area (Å²) in [5.41, 5.74) is 1.69. The zero-order valence-corrected chi connectivity index (χ0v) is 11.9. The van der Waals surface area contributed by atoms with E-state index in [2.05, 4.69) is 18.0 Å². The van der Waals surface area contributed by atoms with Crippen LogP contribution in [0.15, 0.2) is 36.4 Å². The average Bonchev–Trinajstić information content (AvgIpc) is 3.03. The predicted molar refractivity (Wildman–Crippen MR) is 80.1 cm³/mol. The number of benzene rings is 1. The number of carboxylic acids is 1. The van der Waals surface area contributed by atoms with Crippen molar-refractivity contribution in [3.8, 4) is 10.7 Å². The third kappa shape index (κ3) is 2.20. The first-order valence-electron chi connectivity index (χ1n) is 6.45. The number of imidazole rings is 1. The number of aryl methyl sites for hydroxylation is 1. The summed E-state index contributed by atoms with van der Waals surface area (Å²) in [6.45, 7) is 2.03. The van der Waals surface area contributed by atoms with E-state index >= 15 is 0 Å². The molecule has 1 aromatic carbocycles. The van der Waals surface area contributed by atoms with Crippen molar-refractivity contribution in [2.24, 2.45) is 0 Å². The van der Waals surface area contributed by atoms with Gasteiger partial charge in [-0.2, -0.15) is 0 Å². The highest BCUT2D eigenvalue weighted by molar-refractivity contribution is 7.15. The van der Waals surface area contributed by atoms with Gasteiger partial charge in [0.2, 0.25) is 0 Å². The first-order valence-corrected chi connectivity index (χ1v) is 7.27. The number of nitrogens with zero attached hydrogens (tertiary/aromatic N) is 2. The maximum absolute atomic E-state index is 11.1. The standard InChI is InChI=1S/C15H14N2O2S/c1-2-10-7-8-13(20-10)15-16-11-5-3-4-6-12(11)17(15)9-14(18)19/h3-8H,2,9H2,1H3,(H,18,19). The molecule has 0 aliphatic carbocycles. The summed E-state index contributed by atoms with van der Waals surface area (Å²) in [4.78, 5) is 18.0. The molecule has 0 aliphatic heterocycles. The van der Waals surface area contributed by atoms with E-state index in [1.165, 1.54) is 4.88 Å². The minimum atomic E-state index is -0.860. The molecule has 102 valence electrons. The lowest BCUT2D eigenvalue weighted by Crippen LogP contribution is -2.09. The topological polar surface area (TPSA) is 55.1 Å². The van der Waals surface area contributed by atoms with Crippen molar-refractivity contribution in [1.82, 2.24) is 9.55 Å². The van der Waals surface area contributed by atoms with Crippen LogP contribution < -0.4 is 0 Å². The summed E-state index contributed by atoms with van der Waals surface area (Å²) >= 11 is 1.67. The van der Waals surface area contributed by atoms with Crippen molar-refractivity contribution in [2.45, 2.75) is 19.9 Å². The summed E-state index contributed by atoms with van der Waals surface area (Å²) in [5.74, 6) is -0.125. The number of fused-ring (bicyclic) bond motifs is 1. The molecule has 4 nitrogen and oxygen atoms in total. The number of carbonyl (C=O) groups is 1. The maximum Gasteiger partial charge on any atom is 0.323 e. The monoisotopic (exact) mass is 286 g/mol. The molecule has 0 saturated heterocycles. The quantitative estimate of drug-likeness (QED) is 0.799. The van der Waals surface area contributed by atoms with Gasteiger partial charge in [0.25, 0.3) is 0 Å². The van der Waals surface area contributed by atoms with Crippen LogP contribution >= 0.6 is 11.3 Å². The van der Waals surface area contributed by atoms with Crippen LogP contribution in [0.25, 0.3) is 21.7 Å². The van der Waals surface area contributed by atoms with Crippen molar-refractivity contribution >= 4 is 28.3 Å². The third-order valence-electron chi connectivity index (χ3n) is 3.18. The van der Waals surface area contributed by atoms with E-state index in [4.69, 9.17) is 5.11 Å². The highest BCUT2D eigenvalue weighted by Gasteiger charge is 2.15. The number of aromatic nitrogens is 2. The molecule has 0 saturated carbocycles. The van der Waals surface area contributed by atoms with E-state index in [1.54, 1.807) is 15.9 Å². The zero-order valence-electron chi connectivity index (χ0n) is 11.0. The molecule has 5 heteroatoms. The minimum Gasteiger partial charge on any atom is -0.480 e. The van der Waals surface area contributed by atoms with E-state index < -0.39 is 5.97 Å². The lowest BCUT2D eigenvalue weighted by atomic mass is 10.3. The van der Waals surface area contributed by atoms with E-state index in [-0.39, 0.29) is 6.54 Å². The molecular formula is C15H14N2O2S. The van der Waals surface area contributed by atoms with Crippen LogP contribution in [0.1, 0.15) is 11.8 Å². The van der Waals surface area contributed by atoms with Crippen molar-refractivity contribution in [2.75, 3.05) is 0 Å². The molecule has 2 aromatic heterocycles. The van der Waals surface area contributed by atoms with Crippen LogP contribution in [0, 0.1) is 0 Å². The Morgan fingerprint density at radius 2 is 2.10 bits per heavy atom. The van der Waals surface area contributed by atoms with Gasteiger partial charge in [-0.05, 0) is 30.7 Å². The Hall–Kier alpha value is -2.14.